The first-order chi connectivity index (χ1) is 13.6. The summed E-state index contributed by atoms with van der Waals surface area (Å²) in [6, 6.07) is 23.7. The molecule has 0 radical (unpaired) electrons. The Morgan fingerprint density at radius 3 is 2.43 bits per heavy atom. The van der Waals surface area contributed by atoms with Gasteiger partial charge in [0.1, 0.15) is 0 Å². The maximum Gasteiger partial charge on any atom is 0.340 e. The molecule has 6 heteroatoms. The highest BCUT2D eigenvalue weighted by Crippen LogP contribution is 2.21. The summed E-state index contributed by atoms with van der Waals surface area (Å²) in [5.41, 5.74) is 2.68. The Morgan fingerprint density at radius 1 is 0.893 bits per heavy atom. The maximum absolute atomic E-state index is 12.4. The van der Waals surface area contributed by atoms with E-state index < -0.39 is 5.97 Å². The smallest absolute Gasteiger partial charge is 0.340 e. The van der Waals surface area contributed by atoms with Gasteiger partial charge in [0.2, 0.25) is 0 Å². The molecule has 0 saturated heterocycles. The Bertz CT molecular complexity index is 961. The van der Waals surface area contributed by atoms with E-state index in [2.05, 4.69) is 10.6 Å². The number of benzene rings is 3. The van der Waals surface area contributed by atoms with Crippen molar-refractivity contribution in [3.8, 4) is 0 Å². The van der Waals surface area contributed by atoms with Crippen LogP contribution in [0.1, 0.15) is 15.9 Å². The Hall–Kier alpha value is -3.31. The van der Waals surface area contributed by atoms with Crippen LogP contribution in [0.5, 0.6) is 0 Å². The third-order valence-corrected chi connectivity index (χ3v) is 4.15. The van der Waals surface area contributed by atoms with Gasteiger partial charge >= 0.3 is 5.97 Å². The Kier molecular flexibility index (Phi) is 6.65. The van der Waals surface area contributed by atoms with E-state index in [1.807, 2.05) is 42.5 Å². The number of hydrogen-bond donors (Lipinski definition) is 2. The molecule has 0 spiro atoms. The fraction of sp³-hybridized carbons (Fsp3) is 0.0909. The van der Waals surface area contributed by atoms with Crippen molar-refractivity contribution in [2.45, 2.75) is 6.54 Å². The molecule has 28 heavy (non-hydrogen) atoms. The second-order valence-electron chi connectivity index (χ2n) is 6.02. The van der Waals surface area contributed by atoms with Crippen molar-refractivity contribution in [3.05, 3.63) is 95.0 Å². The molecule has 0 bridgehead atoms. The van der Waals surface area contributed by atoms with Gasteiger partial charge in [-0.2, -0.15) is 0 Å². The number of carbonyl (C=O) groups excluding carboxylic acids is 2. The van der Waals surface area contributed by atoms with Crippen molar-refractivity contribution >= 4 is 34.9 Å². The molecule has 2 N–H and O–H groups in total. The number of carbonyl (C=O) groups is 2. The Balaban J connectivity index is 1.55. The number of halogens is 1. The van der Waals surface area contributed by atoms with Crippen LogP contribution in [0, 0.1) is 0 Å². The molecule has 1 amide bonds. The number of esters is 1. The van der Waals surface area contributed by atoms with Gasteiger partial charge in [-0.25, -0.2) is 4.79 Å². The van der Waals surface area contributed by atoms with E-state index in [0.717, 1.165) is 11.3 Å². The standard InChI is InChI=1S/C22H19ClN2O3/c23-17-8-6-7-16(13-17)14-24-21(26)15-28-22(27)19-11-4-5-12-20(19)25-18-9-2-1-3-10-18/h1-13,25H,14-15H2,(H,24,26). The zero-order valence-electron chi connectivity index (χ0n) is 15.0. The average molecular weight is 395 g/mol. The first kappa shape index (κ1) is 19.5. The molecule has 3 rings (SSSR count). The highest BCUT2D eigenvalue weighted by molar-refractivity contribution is 6.30. The molecule has 0 fully saturated rings. The molecule has 3 aromatic rings. The molecule has 0 atom stereocenters. The van der Waals surface area contributed by atoms with Crippen LogP contribution in [-0.2, 0) is 16.1 Å². The summed E-state index contributed by atoms with van der Waals surface area (Å²) < 4.78 is 5.16. The second-order valence-corrected chi connectivity index (χ2v) is 6.46. The summed E-state index contributed by atoms with van der Waals surface area (Å²) in [6.45, 7) is -0.0534. The lowest BCUT2D eigenvalue weighted by molar-refractivity contribution is -0.124. The van der Waals surface area contributed by atoms with E-state index in [9.17, 15) is 9.59 Å². The van der Waals surface area contributed by atoms with Crippen LogP contribution in [0.4, 0.5) is 11.4 Å². The number of amides is 1. The van der Waals surface area contributed by atoms with Crippen LogP contribution in [0.25, 0.3) is 0 Å². The third-order valence-electron chi connectivity index (χ3n) is 3.91. The van der Waals surface area contributed by atoms with Gasteiger partial charge in [-0.3, -0.25) is 4.79 Å². The van der Waals surface area contributed by atoms with Crippen molar-refractivity contribution in [2.24, 2.45) is 0 Å². The molecule has 0 saturated carbocycles. The van der Waals surface area contributed by atoms with E-state index in [1.165, 1.54) is 0 Å². The van der Waals surface area contributed by atoms with Gasteiger partial charge in [-0.05, 0) is 42.0 Å². The fourth-order valence-electron chi connectivity index (χ4n) is 2.55. The van der Waals surface area contributed by atoms with Crippen molar-refractivity contribution in [2.75, 3.05) is 11.9 Å². The minimum absolute atomic E-state index is 0.309. The van der Waals surface area contributed by atoms with E-state index in [-0.39, 0.29) is 12.5 Å². The molecular weight excluding hydrogens is 376 g/mol. The fourth-order valence-corrected chi connectivity index (χ4v) is 2.77. The Morgan fingerprint density at radius 2 is 1.64 bits per heavy atom. The number of nitrogens with one attached hydrogen (secondary N) is 2. The zero-order chi connectivity index (χ0) is 19.8. The average Bonchev–Trinajstić information content (AvgIpc) is 2.72. The topological polar surface area (TPSA) is 67.4 Å². The number of hydrogen-bond acceptors (Lipinski definition) is 4. The molecule has 3 aromatic carbocycles. The molecule has 142 valence electrons. The second kappa shape index (κ2) is 9.58. The first-order valence-corrected chi connectivity index (χ1v) is 9.09. The summed E-state index contributed by atoms with van der Waals surface area (Å²) in [5, 5.41) is 6.47. The molecule has 0 aromatic heterocycles. The predicted octanol–water partition coefficient (Wildman–Crippen LogP) is 4.56. The van der Waals surface area contributed by atoms with Gasteiger partial charge in [0.25, 0.3) is 5.91 Å². The van der Waals surface area contributed by atoms with Crippen LogP contribution in [0.15, 0.2) is 78.9 Å². The minimum Gasteiger partial charge on any atom is -0.452 e. The van der Waals surface area contributed by atoms with Crippen LogP contribution >= 0.6 is 11.6 Å². The lowest BCUT2D eigenvalue weighted by Gasteiger charge is -2.12. The van der Waals surface area contributed by atoms with Crippen LogP contribution in [0.3, 0.4) is 0 Å². The molecule has 0 aliphatic carbocycles. The summed E-state index contributed by atoms with van der Waals surface area (Å²) in [4.78, 5) is 24.4. The van der Waals surface area contributed by atoms with E-state index in [0.29, 0.717) is 22.8 Å². The number of ether oxygens (including phenoxy) is 1. The largest absolute Gasteiger partial charge is 0.452 e. The van der Waals surface area contributed by atoms with Gasteiger partial charge in [-0.1, -0.05) is 54.1 Å². The molecule has 0 aliphatic heterocycles. The summed E-state index contributed by atoms with van der Waals surface area (Å²) >= 11 is 5.92. The maximum atomic E-state index is 12.4. The molecular formula is C22H19ClN2O3. The minimum atomic E-state index is -0.572. The van der Waals surface area contributed by atoms with Crippen molar-refractivity contribution < 1.29 is 14.3 Å². The van der Waals surface area contributed by atoms with Gasteiger partial charge in [0, 0.05) is 17.3 Å². The SMILES string of the molecule is O=C(COC(=O)c1ccccc1Nc1ccccc1)NCc1cccc(Cl)c1. The van der Waals surface area contributed by atoms with Crippen LogP contribution < -0.4 is 10.6 Å². The van der Waals surface area contributed by atoms with E-state index in [1.54, 1.807) is 36.4 Å². The van der Waals surface area contributed by atoms with E-state index >= 15 is 0 Å². The first-order valence-electron chi connectivity index (χ1n) is 8.71. The van der Waals surface area contributed by atoms with Crippen molar-refractivity contribution in [1.29, 1.82) is 0 Å². The lowest BCUT2D eigenvalue weighted by Crippen LogP contribution is -2.28. The Labute approximate surface area is 168 Å². The molecule has 0 aliphatic rings. The monoisotopic (exact) mass is 394 g/mol. The summed E-state index contributed by atoms with van der Waals surface area (Å²) in [7, 11) is 0. The van der Waals surface area contributed by atoms with E-state index in [4.69, 9.17) is 16.3 Å². The summed E-state index contributed by atoms with van der Waals surface area (Å²) in [6.07, 6.45) is 0. The van der Waals surface area contributed by atoms with Gasteiger partial charge in [-0.15, -0.1) is 0 Å². The third kappa shape index (κ3) is 5.59. The number of anilines is 2. The van der Waals surface area contributed by atoms with Crippen molar-refractivity contribution in [1.82, 2.24) is 5.32 Å². The molecule has 0 unspecified atom stereocenters. The lowest BCUT2D eigenvalue weighted by atomic mass is 10.1. The number of rotatable bonds is 7. The normalized spacial score (nSPS) is 10.2. The van der Waals surface area contributed by atoms with Crippen molar-refractivity contribution in [3.63, 3.8) is 0 Å². The molecule has 0 heterocycles. The highest BCUT2D eigenvalue weighted by atomic mass is 35.5. The number of para-hydroxylation sites is 2. The van der Waals surface area contributed by atoms with Crippen LogP contribution in [-0.4, -0.2) is 18.5 Å². The highest BCUT2D eigenvalue weighted by Gasteiger charge is 2.14. The predicted molar refractivity (Wildman–Crippen MR) is 110 cm³/mol. The quantitative estimate of drug-likeness (QED) is 0.576. The summed E-state index contributed by atoms with van der Waals surface area (Å²) in [5.74, 6) is -0.959. The zero-order valence-corrected chi connectivity index (χ0v) is 15.8. The van der Waals surface area contributed by atoms with Gasteiger partial charge < -0.3 is 15.4 Å². The van der Waals surface area contributed by atoms with Crippen LogP contribution in [0.2, 0.25) is 5.02 Å². The van der Waals surface area contributed by atoms with Gasteiger partial charge in [0.05, 0.1) is 11.3 Å². The van der Waals surface area contributed by atoms with Gasteiger partial charge in [0.15, 0.2) is 6.61 Å². The molecule has 5 nitrogen and oxygen atoms in total.